The maximum absolute atomic E-state index is 13.0. The predicted octanol–water partition coefficient (Wildman–Crippen LogP) is 6.78. The van der Waals surface area contributed by atoms with Crippen molar-refractivity contribution in [2.24, 2.45) is 5.92 Å². The summed E-state index contributed by atoms with van der Waals surface area (Å²) in [4.78, 5) is 25.6. The molecule has 3 atom stereocenters. The zero-order valence-electron chi connectivity index (χ0n) is 25.1. The lowest BCUT2D eigenvalue weighted by Crippen LogP contribution is -2.51. The average molecular weight is 577 g/mol. The number of amides is 1. The van der Waals surface area contributed by atoms with Crippen LogP contribution < -0.4 is 10.6 Å². The van der Waals surface area contributed by atoms with Gasteiger partial charge in [0.15, 0.2) is 0 Å². The van der Waals surface area contributed by atoms with Gasteiger partial charge in [0, 0.05) is 12.3 Å². The van der Waals surface area contributed by atoms with E-state index in [2.05, 4.69) is 83.4 Å². The van der Waals surface area contributed by atoms with E-state index >= 15 is 0 Å². The zero-order valence-corrected chi connectivity index (χ0v) is 25.9. The molecular formula is C34H44N2O4S. The molecule has 0 aromatic heterocycles. The first-order valence-electron chi connectivity index (χ1n) is 14.2. The van der Waals surface area contributed by atoms with Crippen LogP contribution in [0.15, 0.2) is 91.0 Å². The quantitative estimate of drug-likeness (QED) is 0.173. The van der Waals surface area contributed by atoms with Crippen LogP contribution >= 0.6 is 11.8 Å². The predicted molar refractivity (Wildman–Crippen MR) is 168 cm³/mol. The smallest absolute Gasteiger partial charge is 0.407 e. The van der Waals surface area contributed by atoms with Crippen molar-refractivity contribution >= 4 is 23.8 Å². The number of hydrogen-bond donors (Lipinski definition) is 2. The van der Waals surface area contributed by atoms with Gasteiger partial charge in [0.25, 0.3) is 0 Å². The Bertz CT molecular complexity index is 1120. The van der Waals surface area contributed by atoms with Gasteiger partial charge in [-0.05, 0) is 43.4 Å². The van der Waals surface area contributed by atoms with Crippen LogP contribution in [0.1, 0.15) is 57.7 Å². The van der Waals surface area contributed by atoms with E-state index in [0.29, 0.717) is 12.3 Å². The molecule has 6 nitrogen and oxygen atoms in total. The van der Waals surface area contributed by atoms with Crippen LogP contribution in [-0.4, -0.2) is 49.2 Å². The average Bonchev–Trinajstić information content (AvgIpc) is 2.97. The second kappa shape index (κ2) is 15.1. The Balaban J connectivity index is 2.01. The molecule has 2 N–H and O–H groups in total. The lowest BCUT2D eigenvalue weighted by atomic mass is 9.84. The van der Waals surface area contributed by atoms with Crippen LogP contribution in [0, 0.1) is 5.92 Å². The van der Waals surface area contributed by atoms with E-state index in [9.17, 15) is 9.59 Å². The Hall–Kier alpha value is -3.29. The number of benzene rings is 3. The molecule has 1 amide bonds. The molecule has 0 spiro atoms. The van der Waals surface area contributed by atoms with Gasteiger partial charge in [0.2, 0.25) is 0 Å². The third kappa shape index (κ3) is 8.85. The van der Waals surface area contributed by atoms with Gasteiger partial charge in [-0.25, -0.2) is 4.79 Å². The molecule has 0 aliphatic carbocycles. The molecule has 0 aliphatic heterocycles. The number of esters is 1. The van der Waals surface area contributed by atoms with Crippen molar-refractivity contribution in [2.45, 2.75) is 63.5 Å². The highest BCUT2D eigenvalue weighted by molar-refractivity contribution is 8.00. The van der Waals surface area contributed by atoms with E-state index in [1.54, 1.807) is 11.8 Å². The number of hydrogen-bond acceptors (Lipinski definition) is 6. The van der Waals surface area contributed by atoms with Crippen molar-refractivity contribution in [3.63, 3.8) is 0 Å². The summed E-state index contributed by atoms with van der Waals surface area (Å²) in [5, 5.41) is 6.46. The standard InChI is InChI=1S/C34H44N2O4S/c1-7-25(2)30(31(37)39-6)35-23-29(36-32(38)40-33(3,4)5)24-41-34(26-17-11-8-12-18-26,27-19-13-9-14-20-27)28-21-15-10-16-22-28/h8-22,25,29-30,35H,7,23-24H2,1-6H3,(H,36,38)/t25-,29+,30-/m0/s1. The fourth-order valence-corrected chi connectivity index (χ4v) is 6.33. The van der Waals surface area contributed by atoms with Crippen molar-refractivity contribution in [3.05, 3.63) is 108 Å². The molecule has 0 aliphatic rings. The van der Waals surface area contributed by atoms with E-state index in [4.69, 9.17) is 9.47 Å². The van der Waals surface area contributed by atoms with Crippen molar-refractivity contribution in [1.82, 2.24) is 10.6 Å². The minimum absolute atomic E-state index is 0.0642. The van der Waals surface area contributed by atoms with E-state index in [1.807, 2.05) is 52.8 Å². The highest BCUT2D eigenvalue weighted by Gasteiger charge is 2.38. The number of ether oxygens (including phenoxy) is 2. The van der Waals surface area contributed by atoms with Crippen LogP contribution in [0.4, 0.5) is 4.79 Å². The fourth-order valence-electron chi connectivity index (χ4n) is 4.77. The Kier molecular flexibility index (Phi) is 11.9. The Labute approximate surface area is 249 Å². The second-order valence-corrected chi connectivity index (χ2v) is 12.5. The summed E-state index contributed by atoms with van der Waals surface area (Å²) >= 11 is 1.75. The second-order valence-electron chi connectivity index (χ2n) is 11.2. The largest absolute Gasteiger partial charge is 0.468 e. The molecule has 3 aromatic rings. The Morgan fingerprint density at radius 2 is 1.29 bits per heavy atom. The maximum Gasteiger partial charge on any atom is 0.407 e. The molecule has 0 saturated carbocycles. The van der Waals surface area contributed by atoms with Crippen LogP contribution in [0.3, 0.4) is 0 Å². The summed E-state index contributed by atoms with van der Waals surface area (Å²) in [5.74, 6) is 0.295. The lowest BCUT2D eigenvalue weighted by molar-refractivity contribution is -0.144. The van der Waals surface area contributed by atoms with Crippen molar-refractivity contribution in [3.8, 4) is 0 Å². The highest BCUT2D eigenvalue weighted by Crippen LogP contribution is 2.48. The Morgan fingerprint density at radius 1 is 0.829 bits per heavy atom. The molecule has 0 unspecified atom stereocenters. The van der Waals surface area contributed by atoms with E-state index < -0.39 is 22.5 Å². The first-order chi connectivity index (χ1) is 19.6. The third-order valence-electron chi connectivity index (χ3n) is 7.02. The topological polar surface area (TPSA) is 76.7 Å². The van der Waals surface area contributed by atoms with E-state index in [1.165, 1.54) is 7.11 Å². The monoisotopic (exact) mass is 576 g/mol. The van der Waals surface area contributed by atoms with E-state index in [-0.39, 0.29) is 17.9 Å². The zero-order chi connectivity index (χ0) is 29.9. The molecule has 0 bridgehead atoms. The van der Waals surface area contributed by atoms with Crippen molar-refractivity contribution < 1.29 is 19.1 Å². The number of nitrogens with one attached hydrogen (secondary N) is 2. The molecule has 0 fully saturated rings. The van der Waals surface area contributed by atoms with Crippen molar-refractivity contribution in [2.75, 3.05) is 19.4 Å². The molecule has 0 heterocycles. The maximum atomic E-state index is 13.0. The Morgan fingerprint density at radius 3 is 1.68 bits per heavy atom. The van der Waals surface area contributed by atoms with Gasteiger partial charge < -0.3 is 20.1 Å². The van der Waals surface area contributed by atoms with Crippen LogP contribution in [0.2, 0.25) is 0 Å². The summed E-state index contributed by atoms with van der Waals surface area (Å²) in [6, 6.07) is 30.5. The lowest BCUT2D eigenvalue weighted by Gasteiger charge is -2.37. The number of thioether (sulfide) groups is 1. The summed E-state index contributed by atoms with van der Waals surface area (Å²) in [5.41, 5.74) is 2.78. The SMILES string of the molecule is CC[C@H](C)[C@H](NC[C@H](CSC(c1ccccc1)(c1ccccc1)c1ccccc1)NC(=O)OC(C)(C)C)C(=O)OC. The minimum atomic E-state index is -0.637. The number of carbonyl (C=O) groups excluding carboxylic acids is 2. The number of methoxy groups -OCH3 is 1. The molecule has 3 rings (SSSR count). The van der Waals surface area contributed by atoms with Gasteiger partial charge in [-0.15, -0.1) is 11.8 Å². The summed E-state index contributed by atoms with van der Waals surface area (Å²) < 4.78 is 10.2. The van der Waals surface area contributed by atoms with Gasteiger partial charge in [0.1, 0.15) is 11.6 Å². The van der Waals surface area contributed by atoms with Crippen molar-refractivity contribution in [1.29, 1.82) is 0 Å². The highest BCUT2D eigenvalue weighted by atomic mass is 32.2. The molecule has 3 aromatic carbocycles. The fraction of sp³-hybridized carbons (Fsp3) is 0.412. The van der Waals surface area contributed by atoms with Gasteiger partial charge in [-0.1, -0.05) is 111 Å². The van der Waals surface area contributed by atoms with Crippen LogP contribution in [-0.2, 0) is 19.0 Å². The summed E-state index contributed by atoms with van der Waals surface area (Å²) in [6.45, 7) is 9.96. The van der Waals surface area contributed by atoms with Gasteiger partial charge in [-0.3, -0.25) is 4.79 Å². The first kappa shape index (κ1) is 32.2. The normalized spacial score (nSPS) is 14.0. The summed E-state index contributed by atoms with van der Waals surface area (Å²) in [7, 11) is 1.40. The molecule has 0 radical (unpaired) electrons. The third-order valence-corrected chi connectivity index (χ3v) is 8.72. The molecule has 41 heavy (non-hydrogen) atoms. The number of alkyl carbamates (subject to hydrolysis) is 1. The molecule has 0 saturated heterocycles. The van der Waals surface area contributed by atoms with Gasteiger partial charge >= 0.3 is 12.1 Å². The minimum Gasteiger partial charge on any atom is -0.468 e. The molecule has 220 valence electrons. The first-order valence-corrected chi connectivity index (χ1v) is 15.2. The van der Waals surface area contributed by atoms with Crippen LogP contribution in [0.5, 0.6) is 0 Å². The number of rotatable bonds is 13. The van der Waals surface area contributed by atoms with Crippen LogP contribution in [0.25, 0.3) is 0 Å². The van der Waals surface area contributed by atoms with E-state index in [0.717, 1.165) is 23.1 Å². The molecule has 7 heteroatoms. The number of carbonyl (C=O) groups is 2. The van der Waals surface area contributed by atoms with Gasteiger partial charge in [-0.2, -0.15) is 0 Å². The van der Waals surface area contributed by atoms with Gasteiger partial charge in [0.05, 0.1) is 17.9 Å². The summed E-state index contributed by atoms with van der Waals surface area (Å²) in [6.07, 6.45) is 0.318. The molecular weight excluding hydrogens is 532 g/mol.